The fourth-order valence-corrected chi connectivity index (χ4v) is 0.645. The minimum Gasteiger partial charge on any atom is -0.396 e. The SMILES string of the molecule is CCCO.C[CH-]c1ccccc1.[Y]. The first kappa shape index (κ1) is 15.6. The van der Waals surface area contributed by atoms with Crippen molar-refractivity contribution in [2.75, 3.05) is 6.61 Å². The van der Waals surface area contributed by atoms with Crippen molar-refractivity contribution >= 4 is 0 Å². The molecule has 0 unspecified atom stereocenters. The molecule has 1 aromatic carbocycles. The van der Waals surface area contributed by atoms with E-state index in [1.54, 1.807) is 0 Å². The number of aliphatic hydroxyl groups is 1. The average Bonchev–Trinajstić information content (AvgIpc) is 2.19. The van der Waals surface area contributed by atoms with E-state index in [1.807, 2.05) is 32.0 Å². The van der Waals surface area contributed by atoms with Crippen LogP contribution in [0.1, 0.15) is 25.8 Å². The van der Waals surface area contributed by atoms with Gasteiger partial charge in [-0.25, -0.2) is 0 Å². The van der Waals surface area contributed by atoms with Gasteiger partial charge in [-0.1, -0.05) is 19.9 Å². The van der Waals surface area contributed by atoms with Crippen LogP contribution in [0.15, 0.2) is 30.3 Å². The number of benzene rings is 1. The smallest absolute Gasteiger partial charge is 0.0428 e. The zero-order valence-corrected chi connectivity index (χ0v) is 11.2. The summed E-state index contributed by atoms with van der Waals surface area (Å²) in [4.78, 5) is 0. The van der Waals surface area contributed by atoms with Gasteiger partial charge in [-0.05, 0) is 6.42 Å². The van der Waals surface area contributed by atoms with E-state index in [4.69, 9.17) is 5.11 Å². The summed E-state index contributed by atoms with van der Waals surface area (Å²) in [6.07, 6.45) is 2.96. The predicted octanol–water partition coefficient (Wildman–Crippen LogP) is 2.65. The fourth-order valence-electron chi connectivity index (χ4n) is 0.645. The minimum absolute atomic E-state index is 0. The largest absolute Gasteiger partial charge is 0.396 e. The van der Waals surface area contributed by atoms with Gasteiger partial charge < -0.3 is 5.11 Å². The van der Waals surface area contributed by atoms with Crippen LogP contribution in [0.2, 0.25) is 0 Å². The third-order valence-corrected chi connectivity index (χ3v) is 1.36. The van der Waals surface area contributed by atoms with Crippen LogP contribution >= 0.6 is 0 Å². The van der Waals surface area contributed by atoms with Crippen molar-refractivity contribution in [2.45, 2.75) is 20.3 Å². The van der Waals surface area contributed by atoms with E-state index in [-0.39, 0.29) is 32.7 Å². The summed E-state index contributed by atoms with van der Waals surface area (Å²) in [7, 11) is 0. The second kappa shape index (κ2) is 12.2. The van der Waals surface area contributed by atoms with Crippen molar-refractivity contribution in [1.82, 2.24) is 0 Å². The monoisotopic (exact) mass is 254 g/mol. The molecule has 0 aliphatic carbocycles. The zero-order chi connectivity index (χ0) is 9.23. The van der Waals surface area contributed by atoms with Crippen molar-refractivity contribution < 1.29 is 37.8 Å². The zero-order valence-electron chi connectivity index (χ0n) is 8.40. The topological polar surface area (TPSA) is 20.2 Å². The van der Waals surface area contributed by atoms with Gasteiger partial charge in [0.05, 0.1) is 0 Å². The molecule has 0 aliphatic heterocycles. The van der Waals surface area contributed by atoms with Crippen molar-refractivity contribution in [1.29, 1.82) is 0 Å². The first-order valence-corrected chi connectivity index (χ1v) is 4.30. The van der Waals surface area contributed by atoms with Gasteiger partial charge in [-0.15, -0.1) is 12.1 Å². The Kier molecular flexibility index (Phi) is 14.6. The molecule has 0 bridgehead atoms. The predicted molar refractivity (Wildman–Crippen MR) is 52.9 cm³/mol. The molecule has 71 valence electrons. The van der Waals surface area contributed by atoms with E-state index >= 15 is 0 Å². The van der Waals surface area contributed by atoms with E-state index in [9.17, 15) is 0 Å². The van der Waals surface area contributed by atoms with Crippen molar-refractivity contribution in [3.63, 3.8) is 0 Å². The molecule has 1 radical (unpaired) electrons. The third-order valence-electron chi connectivity index (χ3n) is 1.36. The molecule has 2 heteroatoms. The van der Waals surface area contributed by atoms with Crippen molar-refractivity contribution in [2.24, 2.45) is 0 Å². The average molecular weight is 254 g/mol. The Morgan fingerprint density at radius 1 is 1.23 bits per heavy atom. The van der Waals surface area contributed by atoms with Gasteiger partial charge in [0.1, 0.15) is 0 Å². The maximum Gasteiger partial charge on any atom is 0.0428 e. The summed E-state index contributed by atoms with van der Waals surface area (Å²) in [6.45, 7) is 4.29. The molecule has 13 heavy (non-hydrogen) atoms. The second-order valence-corrected chi connectivity index (χ2v) is 2.42. The van der Waals surface area contributed by atoms with Gasteiger partial charge >= 0.3 is 0 Å². The van der Waals surface area contributed by atoms with Crippen LogP contribution in [0.4, 0.5) is 0 Å². The number of hydrogen-bond acceptors (Lipinski definition) is 1. The fraction of sp³-hybridized carbons (Fsp3) is 0.364. The second-order valence-electron chi connectivity index (χ2n) is 2.42. The van der Waals surface area contributed by atoms with E-state index in [0.29, 0.717) is 6.61 Å². The Morgan fingerprint density at radius 3 is 1.92 bits per heavy atom. The van der Waals surface area contributed by atoms with Gasteiger partial charge in [0.15, 0.2) is 0 Å². The molecule has 1 N–H and O–H groups in total. The van der Waals surface area contributed by atoms with E-state index in [0.717, 1.165) is 6.42 Å². The van der Waals surface area contributed by atoms with E-state index in [2.05, 4.69) is 18.6 Å². The van der Waals surface area contributed by atoms with Gasteiger partial charge in [0.25, 0.3) is 0 Å². The molecule has 0 aromatic heterocycles. The Morgan fingerprint density at radius 2 is 1.69 bits per heavy atom. The molecule has 0 aliphatic rings. The molecule has 0 saturated heterocycles. The van der Waals surface area contributed by atoms with Crippen molar-refractivity contribution in [3.05, 3.63) is 42.3 Å². The standard InChI is InChI=1S/C8H9.C3H8O.Y/c1-2-8-6-4-3-5-7-8;1-2-3-4;/h2-7H,1H3;4H,2-3H2,1H3;/q-1;;. The first-order chi connectivity index (χ1) is 5.85. The summed E-state index contributed by atoms with van der Waals surface area (Å²) in [6, 6.07) is 10.3. The van der Waals surface area contributed by atoms with Crippen molar-refractivity contribution in [3.8, 4) is 0 Å². The summed E-state index contributed by atoms with van der Waals surface area (Å²) < 4.78 is 0. The molecule has 0 saturated carbocycles. The molecule has 0 atom stereocenters. The maximum atomic E-state index is 7.88. The van der Waals surface area contributed by atoms with Gasteiger partial charge in [-0.2, -0.15) is 24.1 Å². The van der Waals surface area contributed by atoms with Crippen LogP contribution < -0.4 is 0 Å². The molecular formula is C11H17OY-. The minimum atomic E-state index is 0. The van der Waals surface area contributed by atoms with Gasteiger partial charge in [-0.3, -0.25) is 0 Å². The molecule has 0 amide bonds. The molecule has 0 spiro atoms. The summed E-state index contributed by atoms with van der Waals surface area (Å²) in [5.41, 5.74) is 1.28. The molecule has 1 nitrogen and oxygen atoms in total. The number of hydrogen-bond donors (Lipinski definition) is 1. The van der Waals surface area contributed by atoms with Crippen LogP contribution in [0.3, 0.4) is 0 Å². The van der Waals surface area contributed by atoms with Crippen LogP contribution in [-0.4, -0.2) is 11.7 Å². The van der Waals surface area contributed by atoms with E-state index in [1.165, 1.54) is 5.56 Å². The number of aliphatic hydroxyl groups excluding tert-OH is 1. The Hall–Kier alpha value is 0.154. The maximum absolute atomic E-state index is 7.88. The summed E-state index contributed by atoms with van der Waals surface area (Å²) in [5.74, 6) is 0. The molecule has 1 aromatic rings. The van der Waals surface area contributed by atoms with E-state index < -0.39 is 0 Å². The quantitative estimate of drug-likeness (QED) is 0.804. The molecular weight excluding hydrogens is 237 g/mol. The third kappa shape index (κ3) is 10.1. The van der Waals surface area contributed by atoms with Crippen LogP contribution in [0.5, 0.6) is 0 Å². The van der Waals surface area contributed by atoms with Crippen LogP contribution in [-0.2, 0) is 32.7 Å². The molecule has 0 fully saturated rings. The Labute approximate surface area is 106 Å². The Balaban J connectivity index is 0. The molecule has 1 rings (SSSR count). The van der Waals surface area contributed by atoms with Gasteiger partial charge in [0.2, 0.25) is 0 Å². The normalized spacial score (nSPS) is 7.62. The number of rotatable bonds is 2. The molecule has 0 heterocycles. The van der Waals surface area contributed by atoms with Crippen LogP contribution in [0, 0.1) is 6.42 Å². The first-order valence-electron chi connectivity index (χ1n) is 4.30. The van der Waals surface area contributed by atoms with Crippen LogP contribution in [0.25, 0.3) is 0 Å². The van der Waals surface area contributed by atoms with Gasteiger partial charge in [0, 0.05) is 39.3 Å². The summed E-state index contributed by atoms with van der Waals surface area (Å²) >= 11 is 0. The summed E-state index contributed by atoms with van der Waals surface area (Å²) in [5, 5.41) is 7.88. The Bertz CT molecular complexity index is 173.